The Morgan fingerprint density at radius 2 is 2.04 bits per heavy atom. The normalized spacial score (nSPS) is 10.8. The summed E-state index contributed by atoms with van der Waals surface area (Å²) in [6, 6.07) is 13.8. The maximum atomic E-state index is 12.0. The molecule has 5 nitrogen and oxygen atoms in total. The predicted molar refractivity (Wildman–Crippen MR) is 104 cm³/mol. The SMILES string of the molecule is CCCCSc1nnc(NC(=O)COc2ccc3ccccc3c2)s1. The third-order valence-electron chi connectivity index (χ3n) is 3.47. The number of fused-ring (bicyclic) bond motifs is 1. The van der Waals surface area contributed by atoms with E-state index in [1.54, 1.807) is 11.8 Å². The highest BCUT2D eigenvalue weighted by molar-refractivity contribution is 8.01. The van der Waals surface area contributed by atoms with Gasteiger partial charge in [-0.1, -0.05) is 66.8 Å². The van der Waals surface area contributed by atoms with Gasteiger partial charge in [-0.05, 0) is 29.3 Å². The van der Waals surface area contributed by atoms with E-state index in [0.29, 0.717) is 10.9 Å². The zero-order chi connectivity index (χ0) is 17.5. The molecule has 0 aliphatic carbocycles. The molecule has 0 saturated heterocycles. The van der Waals surface area contributed by atoms with Gasteiger partial charge in [0.05, 0.1) is 0 Å². The van der Waals surface area contributed by atoms with Gasteiger partial charge < -0.3 is 4.74 Å². The van der Waals surface area contributed by atoms with Gasteiger partial charge in [0, 0.05) is 5.75 Å². The molecule has 3 aromatic rings. The summed E-state index contributed by atoms with van der Waals surface area (Å²) >= 11 is 3.06. The first-order valence-corrected chi connectivity index (χ1v) is 9.92. The molecule has 0 fully saturated rings. The number of thioether (sulfide) groups is 1. The van der Waals surface area contributed by atoms with E-state index in [4.69, 9.17) is 4.74 Å². The van der Waals surface area contributed by atoms with Crippen molar-refractivity contribution in [2.45, 2.75) is 24.1 Å². The zero-order valence-corrected chi connectivity index (χ0v) is 15.5. The summed E-state index contributed by atoms with van der Waals surface area (Å²) in [5.41, 5.74) is 0. The lowest BCUT2D eigenvalue weighted by Crippen LogP contribution is -2.20. The van der Waals surface area contributed by atoms with Crippen molar-refractivity contribution in [2.75, 3.05) is 17.7 Å². The number of carbonyl (C=O) groups is 1. The molecular formula is C18H19N3O2S2. The molecule has 3 rings (SSSR count). The number of nitrogens with zero attached hydrogens (tertiary/aromatic N) is 2. The standard InChI is InChI=1S/C18H19N3O2S2/c1-2-3-10-24-18-21-20-17(25-18)19-16(22)12-23-15-9-8-13-6-4-5-7-14(13)11-15/h4-9,11H,2-3,10,12H2,1H3,(H,19,20,22). The molecule has 2 aromatic carbocycles. The fraction of sp³-hybridized carbons (Fsp3) is 0.278. The molecule has 25 heavy (non-hydrogen) atoms. The number of amides is 1. The Morgan fingerprint density at radius 3 is 2.88 bits per heavy atom. The molecule has 0 radical (unpaired) electrons. The monoisotopic (exact) mass is 373 g/mol. The number of carbonyl (C=O) groups excluding carboxylic acids is 1. The highest BCUT2D eigenvalue weighted by Gasteiger charge is 2.09. The number of unbranched alkanes of at least 4 members (excludes halogenated alkanes) is 1. The highest BCUT2D eigenvalue weighted by atomic mass is 32.2. The Labute approximate surface area is 154 Å². The minimum Gasteiger partial charge on any atom is -0.484 e. The van der Waals surface area contributed by atoms with E-state index in [0.717, 1.165) is 33.7 Å². The Kier molecular flexibility index (Phi) is 6.25. The van der Waals surface area contributed by atoms with Crippen molar-refractivity contribution in [1.82, 2.24) is 10.2 Å². The van der Waals surface area contributed by atoms with E-state index >= 15 is 0 Å². The van der Waals surface area contributed by atoms with Gasteiger partial charge in [0.2, 0.25) is 5.13 Å². The summed E-state index contributed by atoms with van der Waals surface area (Å²) in [4.78, 5) is 12.0. The number of ether oxygens (including phenoxy) is 1. The molecule has 1 heterocycles. The minimum absolute atomic E-state index is 0.0593. The van der Waals surface area contributed by atoms with Crippen LogP contribution < -0.4 is 10.1 Å². The second kappa shape index (κ2) is 8.82. The maximum Gasteiger partial charge on any atom is 0.264 e. The molecule has 130 valence electrons. The zero-order valence-electron chi connectivity index (χ0n) is 13.9. The van der Waals surface area contributed by atoms with Crippen LogP contribution in [0.25, 0.3) is 10.8 Å². The Bertz CT molecular complexity index is 851. The van der Waals surface area contributed by atoms with Crippen LogP contribution in [0.2, 0.25) is 0 Å². The predicted octanol–water partition coefficient (Wildman–Crippen LogP) is 4.60. The van der Waals surface area contributed by atoms with Crippen LogP contribution in [0.15, 0.2) is 46.8 Å². The molecule has 0 aliphatic rings. The number of nitrogens with one attached hydrogen (secondary N) is 1. The number of hydrogen-bond donors (Lipinski definition) is 1. The van der Waals surface area contributed by atoms with E-state index < -0.39 is 0 Å². The Balaban J connectivity index is 1.50. The fourth-order valence-electron chi connectivity index (χ4n) is 2.18. The van der Waals surface area contributed by atoms with Crippen LogP contribution in [-0.4, -0.2) is 28.5 Å². The number of aromatic nitrogens is 2. The Hall–Kier alpha value is -2.12. The molecule has 0 saturated carbocycles. The first-order chi connectivity index (χ1) is 12.2. The van der Waals surface area contributed by atoms with E-state index in [2.05, 4.69) is 22.4 Å². The first-order valence-electron chi connectivity index (χ1n) is 8.12. The van der Waals surface area contributed by atoms with Crippen LogP contribution in [0.3, 0.4) is 0 Å². The summed E-state index contributed by atoms with van der Waals surface area (Å²) in [5.74, 6) is 1.45. The second-order valence-electron chi connectivity index (χ2n) is 5.42. The smallest absolute Gasteiger partial charge is 0.264 e. The van der Waals surface area contributed by atoms with Crippen LogP contribution in [0, 0.1) is 0 Å². The van der Waals surface area contributed by atoms with Crippen LogP contribution >= 0.6 is 23.1 Å². The summed E-state index contributed by atoms with van der Waals surface area (Å²) in [5, 5.41) is 13.5. The van der Waals surface area contributed by atoms with Crippen molar-refractivity contribution in [3.63, 3.8) is 0 Å². The molecule has 0 atom stereocenters. The van der Waals surface area contributed by atoms with E-state index in [-0.39, 0.29) is 12.5 Å². The topological polar surface area (TPSA) is 64.1 Å². The van der Waals surface area contributed by atoms with Crippen molar-refractivity contribution in [2.24, 2.45) is 0 Å². The molecular weight excluding hydrogens is 354 g/mol. The van der Waals surface area contributed by atoms with Crippen LogP contribution in [-0.2, 0) is 4.79 Å². The third kappa shape index (κ3) is 5.17. The summed E-state index contributed by atoms with van der Waals surface area (Å²) < 4.78 is 6.45. The van der Waals surface area contributed by atoms with Gasteiger partial charge in [0.1, 0.15) is 5.75 Å². The average Bonchev–Trinajstić information content (AvgIpc) is 3.07. The van der Waals surface area contributed by atoms with E-state index in [9.17, 15) is 4.79 Å². The van der Waals surface area contributed by atoms with Crippen molar-refractivity contribution in [1.29, 1.82) is 0 Å². The quantitative estimate of drug-likeness (QED) is 0.355. The lowest BCUT2D eigenvalue weighted by atomic mass is 10.1. The Morgan fingerprint density at radius 1 is 1.20 bits per heavy atom. The summed E-state index contributed by atoms with van der Waals surface area (Å²) in [6.07, 6.45) is 2.30. The van der Waals surface area contributed by atoms with Gasteiger partial charge in [-0.3, -0.25) is 10.1 Å². The van der Waals surface area contributed by atoms with Crippen LogP contribution in [0.5, 0.6) is 5.75 Å². The van der Waals surface area contributed by atoms with Crippen LogP contribution in [0.1, 0.15) is 19.8 Å². The second-order valence-corrected chi connectivity index (χ2v) is 7.74. The van der Waals surface area contributed by atoms with Gasteiger partial charge >= 0.3 is 0 Å². The molecule has 7 heteroatoms. The van der Waals surface area contributed by atoms with Gasteiger partial charge in [0.25, 0.3) is 5.91 Å². The van der Waals surface area contributed by atoms with Gasteiger partial charge in [-0.25, -0.2) is 0 Å². The number of benzene rings is 2. The summed E-state index contributed by atoms with van der Waals surface area (Å²) in [7, 11) is 0. The van der Waals surface area contributed by atoms with Gasteiger partial charge in [-0.15, -0.1) is 10.2 Å². The van der Waals surface area contributed by atoms with Gasteiger partial charge in [-0.2, -0.15) is 0 Å². The lowest BCUT2D eigenvalue weighted by molar-refractivity contribution is -0.118. The molecule has 0 aliphatic heterocycles. The summed E-state index contributed by atoms with van der Waals surface area (Å²) in [6.45, 7) is 2.10. The van der Waals surface area contributed by atoms with Crippen molar-refractivity contribution in [3.8, 4) is 5.75 Å². The van der Waals surface area contributed by atoms with E-state index in [1.807, 2.05) is 42.5 Å². The maximum absolute atomic E-state index is 12.0. The lowest BCUT2D eigenvalue weighted by Gasteiger charge is -2.06. The molecule has 1 aromatic heterocycles. The molecule has 1 amide bonds. The minimum atomic E-state index is -0.241. The van der Waals surface area contributed by atoms with Crippen LogP contribution in [0.4, 0.5) is 5.13 Å². The number of rotatable bonds is 8. The van der Waals surface area contributed by atoms with Crippen molar-refractivity contribution < 1.29 is 9.53 Å². The first kappa shape index (κ1) is 17.7. The van der Waals surface area contributed by atoms with Gasteiger partial charge in [0.15, 0.2) is 10.9 Å². The largest absolute Gasteiger partial charge is 0.484 e. The highest BCUT2D eigenvalue weighted by Crippen LogP contribution is 2.26. The molecule has 1 N–H and O–H groups in total. The number of hydrogen-bond acceptors (Lipinski definition) is 6. The third-order valence-corrected chi connectivity index (χ3v) is 5.53. The van der Waals surface area contributed by atoms with Crippen molar-refractivity contribution in [3.05, 3.63) is 42.5 Å². The fourth-order valence-corrected chi connectivity index (χ4v) is 4.11. The molecule has 0 spiro atoms. The molecule has 0 bridgehead atoms. The average molecular weight is 374 g/mol. The van der Waals surface area contributed by atoms with E-state index in [1.165, 1.54) is 11.3 Å². The number of anilines is 1. The van der Waals surface area contributed by atoms with Crippen molar-refractivity contribution >= 4 is 44.9 Å². The molecule has 0 unspecified atom stereocenters.